The van der Waals surface area contributed by atoms with Crippen LogP contribution in [0.4, 0.5) is 5.69 Å². The molecule has 0 amide bonds. The number of nitrogens with zero attached hydrogens (tertiary/aromatic N) is 1. The fraction of sp³-hybridized carbons (Fsp3) is 0.300. The van der Waals surface area contributed by atoms with Crippen molar-refractivity contribution in [3.8, 4) is 5.75 Å². The van der Waals surface area contributed by atoms with Gasteiger partial charge in [-0.2, -0.15) is 0 Å². The van der Waals surface area contributed by atoms with Crippen LogP contribution in [-0.2, 0) is 4.74 Å². The average Bonchev–Trinajstić information content (AvgIpc) is 2.28. The minimum Gasteiger partial charge on any atom is -0.496 e. The molecule has 0 saturated carbocycles. The van der Waals surface area contributed by atoms with E-state index in [4.69, 9.17) is 21.1 Å². The van der Waals surface area contributed by atoms with Crippen molar-refractivity contribution in [1.82, 2.24) is 0 Å². The fourth-order valence-corrected chi connectivity index (χ4v) is 1.45. The monoisotopic (exact) mass is 259 g/mol. The predicted molar refractivity (Wildman–Crippen MR) is 60.6 cm³/mol. The van der Waals surface area contributed by atoms with Gasteiger partial charge in [0, 0.05) is 0 Å². The number of hydrogen-bond acceptors (Lipinski definition) is 5. The van der Waals surface area contributed by atoms with E-state index in [-0.39, 0.29) is 28.6 Å². The normalized spacial score (nSPS) is 9.82. The summed E-state index contributed by atoms with van der Waals surface area (Å²) in [6.07, 6.45) is 0. The van der Waals surface area contributed by atoms with Gasteiger partial charge in [0.2, 0.25) is 0 Å². The summed E-state index contributed by atoms with van der Waals surface area (Å²) in [6, 6.07) is 2.26. The van der Waals surface area contributed by atoms with Crippen molar-refractivity contribution in [2.45, 2.75) is 6.92 Å². The Morgan fingerprint density at radius 1 is 1.53 bits per heavy atom. The van der Waals surface area contributed by atoms with E-state index in [0.29, 0.717) is 0 Å². The Bertz CT molecular complexity index is 460. The van der Waals surface area contributed by atoms with E-state index in [1.54, 1.807) is 6.92 Å². The second-order valence-corrected chi connectivity index (χ2v) is 3.39. The quantitative estimate of drug-likeness (QED) is 0.471. The molecule has 0 aliphatic rings. The molecule has 0 atom stereocenters. The van der Waals surface area contributed by atoms with Gasteiger partial charge < -0.3 is 9.47 Å². The van der Waals surface area contributed by atoms with Gasteiger partial charge in [-0.25, -0.2) is 4.79 Å². The van der Waals surface area contributed by atoms with Crippen molar-refractivity contribution < 1.29 is 19.2 Å². The van der Waals surface area contributed by atoms with Gasteiger partial charge in [-0.1, -0.05) is 11.6 Å². The molecule has 17 heavy (non-hydrogen) atoms. The molecule has 0 unspecified atom stereocenters. The maximum absolute atomic E-state index is 11.5. The molecule has 0 heterocycles. The molecule has 0 N–H and O–H groups in total. The van der Waals surface area contributed by atoms with Gasteiger partial charge in [-0.05, 0) is 13.0 Å². The van der Waals surface area contributed by atoms with Crippen LogP contribution < -0.4 is 4.74 Å². The highest BCUT2D eigenvalue weighted by molar-refractivity contribution is 6.33. The van der Waals surface area contributed by atoms with Crippen LogP contribution in [-0.4, -0.2) is 24.6 Å². The zero-order valence-electron chi connectivity index (χ0n) is 9.23. The first-order valence-corrected chi connectivity index (χ1v) is 5.08. The molecule has 92 valence electrons. The van der Waals surface area contributed by atoms with Crippen LogP contribution in [0.25, 0.3) is 0 Å². The van der Waals surface area contributed by atoms with E-state index in [0.717, 1.165) is 12.1 Å². The van der Waals surface area contributed by atoms with Crippen molar-refractivity contribution in [3.05, 3.63) is 32.8 Å². The molecule has 0 saturated heterocycles. The van der Waals surface area contributed by atoms with Crippen LogP contribution in [0.1, 0.15) is 17.3 Å². The lowest BCUT2D eigenvalue weighted by Crippen LogP contribution is -2.07. The van der Waals surface area contributed by atoms with E-state index in [1.807, 2.05) is 0 Å². The summed E-state index contributed by atoms with van der Waals surface area (Å²) in [4.78, 5) is 21.5. The van der Waals surface area contributed by atoms with Crippen molar-refractivity contribution in [2.75, 3.05) is 13.7 Å². The molecule has 7 heteroatoms. The van der Waals surface area contributed by atoms with Crippen molar-refractivity contribution >= 4 is 23.3 Å². The second kappa shape index (κ2) is 5.49. The third-order valence-electron chi connectivity index (χ3n) is 1.96. The maximum Gasteiger partial charge on any atom is 0.341 e. The Morgan fingerprint density at radius 3 is 2.65 bits per heavy atom. The van der Waals surface area contributed by atoms with E-state index >= 15 is 0 Å². The minimum absolute atomic E-state index is 0.0551. The number of nitro benzene ring substituents is 1. The lowest BCUT2D eigenvalue weighted by molar-refractivity contribution is -0.384. The number of hydrogen-bond donors (Lipinski definition) is 0. The highest BCUT2D eigenvalue weighted by Gasteiger charge is 2.21. The first-order chi connectivity index (χ1) is 8.01. The molecule has 0 spiro atoms. The number of carbonyl (C=O) groups excluding carboxylic acids is 1. The highest BCUT2D eigenvalue weighted by Crippen LogP contribution is 2.32. The summed E-state index contributed by atoms with van der Waals surface area (Å²) in [7, 11) is 1.30. The van der Waals surface area contributed by atoms with Crippen LogP contribution in [0.2, 0.25) is 5.02 Å². The molecule has 0 radical (unpaired) electrons. The largest absolute Gasteiger partial charge is 0.496 e. The lowest BCUT2D eigenvalue weighted by atomic mass is 10.2. The molecule has 0 aromatic heterocycles. The Morgan fingerprint density at radius 2 is 2.18 bits per heavy atom. The number of benzene rings is 1. The van der Waals surface area contributed by atoms with Gasteiger partial charge in [0.05, 0.1) is 24.7 Å². The van der Waals surface area contributed by atoms with Gasteiger partial charge in [0.1, 0.15) is 16.3 Å². The first kappa shape index (κ1) is 13.2. The SMILES string of the molecule is CCOC(=O)c1cc(Cl)c([N+](=O)[O-])cc1OC. The van der Waals surface area contributed by atoms with E-state index in [2.05, 4.69) is 0 Å². The number of carbonyl (C=O) groups is 1. The molecular formula is C10H10ClNO5. The van der Waals surface area contributed by atoms with Gasteiger partial charge in [-0.3, -0.25) is 10.1 Å². The minimum atomic E-state index is -0.653. The summed E-state index contributed by atoms with van der Waals surface area (Å²) >= 11 is 5.69. The number of halogens is 1. The summed E-state index contributed by atoms with van der Waals surface area (Å²) in [6.45, 7) is 1.84. The highest BCUT2D eigenvalue weighted by atomic mass is 35.5. The number of esters is 1. The molecular weight excluding hydrogens is 250 g/mol. The van der Waals surface area contributed by atoms with Gasteiger partial charge in [0.25, 0.3) is 5.69 Å². The smallest absolute Gasteiger partial charge is 0.341 e. The summed E-state index contributed by atoms with van der Waals surface area (Å²) < 4.78 is 9.67. The van der Waals surface area contributed by atoms with Gasteiger partial charge in [0.15, 0.2) is 0 Å². The Labute approximate surface area is 102 Å². The van der Waals surface area contributed by atoms with E-state index in [9.17, 15) is 14.9 Å². The summed E-state index contributed by atoms with van der Waals surface area (Å²) in [5, 5.41) is 10.5. The molecule has 1 rings (SSSR count). The Hall–Kier alpha value is -1.82. The number of rotatable bonds is 4. The van der Waals surface area contributed by atoms with Crippen LogP contribution in [0, 0.1) is 10.1 Å². The zero-order valence-corrected chi connectivity index (χ0v) is 9.98. The van der Waals surface area contributed by atoms with Crippen LogP contribution in [0.5, 0.6) is 5.75 Å². The second-order valence-electron chi connectivity index (χ2n) is 2.98. The molecule has 0 bridgehead atoms. The molecule has 0 aliphatic carbocycles. The first-order valence-electron chi connectivity index (χ1n) is 4.70. The standard InChI is InChI=1S/C10H10ClNO5/c1-3-17-10(13)6-4-7(11)8(12(14)15)5-9(6)16-2/h4-5H,3H2,1-2H3. The van der Waals surface area contributed by atoms with Crippen LogP contribution in [0.3, 0.4) is 0 Å². The molecule has 1 aromatic rings. The van der Waals surface area contributed by atoms with Gasteiger partial charge in [-0.15, -0.1) is 0 Å². The molecule has 6 nitrogen and oxygen atoms in total. The van der Waals surface area contributed by atoms with Crippen molar-refractivity contribution in [1.29, 1.82) is 0 Å². The molecule has 0 fully saturated rings. The van der Waals surface area contributed by atoms with Crippen molar-refractivity contribution in [3.63, 3.8) is 0 Å². The van der Waals surface area contributed by atoms with E-state index < -0.39 is 10.9 Å². The van der Waals surface area contributed by atoms with E-state index in [1.165, 1.54) is 7.11 Å². The van der Waals surface area contributed by atoms with Crippen LogP contribution >= 0.6 is 11.6 Å². The summed E-state index contributed by atoms with van der Waals surface area (Å²) in [5.74, 6) is -0.583. The summed E-state index contributed by atoms with van der Waals surface area (Å²) in [5.41, 5.74) is -0.262. The van der Waals surface area contributed by atoms with Crippen molar-refractivity contribution in [2.24, 2.45) is 0 Å². The third kappa shape index (κ3) is 2.85. The third-order valence-corrected chi connectivity index (χ3v) is 2.26. The zero-order chi connectivity index (χ0) is 13.0. The Kier molecular flexibility index (Phi) is 4.28. The Balaban J connectivity index is 3.28. The lowest BCUT2D eigenvalue weighted by Gasteiger charge is -2.08. The fourth-order valence-electron chi connectivity index (χ4n) is 1.22. The number of ether oxygens (including phenoxy) is 2. The maximum atomic E-state index is 11.5. The average molecular weight is 260 g/mol. The predicted octanol–water partition coefficient (Wildman–Crippen LogP) is 2.43. The number of nitro groups is 1. The topological polar surface area (TPSA) is 78.7 Å². The molecule has 0 aliphatic heterocycles. The van der Waals surface area contributed by atoms with Crippen LogP contribution in [0.15, 0.2) is 12.1 Å². The number of methoxy groups -OCH3 is 1. The van der Waals surface area contributed by atoms with Gasteiger partial charge >= 0.3 is 5.97 Å². The molecule has 1 aromatic carbocycles.